The highest BCUT2D eigenvalue weighted by Crippen LogP contribution is 2.09. The Kier molecular flexibility index (Phi) is 6.91. The molecule has 0 radical (unpaired) electrons. The van der Waals surface area contributed by atoms with Gasteiger partial charge in [-0.1, -0.05) is 0 Å². The van der Waals surface area contributed by atoms with Crippen molar-refractivity contribution in [3.05, 3.63) is 0 Å². The van der Waals surface area contributed by atoms with Gasteiger partial charge in [0, 0.05) is 32.1 Å². The molecular formula is C14H26N2O5. The van der Waals surface area contributed by atoms with E-state index in [0.29, 0.717) is 26.2 Å². The van der Waals surface area contributed by atoms with Crippen LogP contribution < -0.4 is 5.32 Å². The maximum atomic E-state index is 11.8. The summed E-state index contributed by atoms with van der Waals surface area (Å²) in [5.74, 6) is -0.868. The summed E-state index contributed by atoms with van der Waals surface area (Å²) >= 11 is 0. The lowest BCUT2D eigenvalue weighted by Crippen LogP contribution is -2.48. The Morgan fingerprint density at radius 3 is 2.48 bits per heavy atom. The number of carbonyl (C=O) groups is 2. The number of aliphatic carboxylic acids is 1. The van der Waals surface area contributed by atoms with E-state index >= 15 is 0 Å². The minimum absolute atomic E-state index is 0.0187. The molecule has 0 aromatic carbocycles. The zero-order valence-electron chi connectivity index (χ0n) is 13.1. The summed E-state index contributed by atoms with van der Waals surface area (Å²) in [7, 11) is 0. The van der Waals surface area contributed by atoms with Crippen LogP contribution in [0.4, 0.5) is 4.79 Å². The van der Waals surface area contributed by atoms with Gasteiger partial charge >= 0.3 is 12.1 Å². The molecule has 0 aromatic rings. The average molecular weight is 302 g/mol. The van der Waals surface area contributed by atoms with Gasteiger partial charge in [0.05, 0.1) is 13.2 Å². The van der Waals surface area contributed by atoms with Gasteiger partial charge in [0.1, 0.15) is 5.60 Å². The van der Waals surface area contributed by atoms with Crippen LogP contribution in [-0.2, 0) is 14.3 Å². The van der Waals surface area contributed by atoms with Crippen LogP contribution in [0.1, 0.15) is 33.6 Å². The van der Waals surface area contributed by atoms with Gasteiger partial charge in [-0.15, -0.1) is 0 Å². The molecule has 21 heavy (non-hydrogen) atoms. The number of rotatable bonds is 6. The Labute approximate surface area is 125 Å². The Hall–Kier alpha value is -1.34. The van der Waals surface area contributed by atoms with Gasteiger partial charge in [-0.05, 0) is 27.2 Å². The van der Waals surface area contributed by atoms with Crippen LogP contribution in [0.25, 0.3) is 0 Å². The van der Waals surface area contributed by atoms with Crippen molar-refractivity contribution >= 4 is 12.1 Å². The number of amides is 1. The number of ether oxygens (including phenoxy) is 2. The van der Waals surface area contributed by atoms with Crippen molar-refractivity contribution in [2.75, 3.05) is 32.8 Å². The van der Waals surface area contributed by atoms with E-state index in [1.165, 1.54) is 0 Å². The van der Waals surface area contributed by atoms with E-state index in [-0.39, 0.29) is 12.5 Å². The summed E-state index contributed by atoms with van der Waals surface area (Å²) in [6.45, 7) is 8.90. The molecule has 7 nitrogen and oxygen atoms in total. The second-order valence-corrected chi connectivity index (χ2v) is 6.19. The number of carboxylic acid groups (broad SMARTS) is 1. The van der Waals surface area contributed by atoms with Gasteiger partial charge in [0.2, 0.25) is 0 Å². The molecule has 0 aromatic heterocycles. The highest BCUT2D eigenvalue weighted by molar-refractivity contribution is 5.69. The van der Waals surface area contributed by atoms with Crippen molar-refractivity contribution in [3.63, 3.8) is 0 Å². The van der Waals surface area contributed by atoms with E-state index in [0.717, 1.165) is 13.1 Å². The summed E-state index contributed by atoms with van der Waals surface area (Å²) in [5.41, 5.74) is -0.569. The predicted molar refractivity (Wildman–Crippen MR) is 77.3 cm³/mol. The fourth-order valence-electron chi connectivity index (χ4n) is 2.08. The van der Waals surface area contributed by atoms with Crippen LogP contribution in [-0.4, -0.2) is 66.6 Å². The van der Waals surface area contributed by atoms with Gasteiger partial charge in [0.15, 0.2) is 0 Å². The first-order valence-electron chi connectivity index (χ1n) is 7.27. The van der Waals surface area contributed by atoms with E-state index < -0.39 is 17.7 Å². The highest BCUT2D eigenvalue weighted by Gasteiger charge is 2.22. The SMILES string of the molecule is CC(C)(C)OC(=O)NC(CCC(=O)O)CN1CCOCC1. The molecule has 0 bridgehead atoms. The minimum atomic E-state index is -0.868. The van der Waals surface area contributed by atoms with Crippen molar-refractivity contribution in [1.29, 1.82) is 0 Å². The molecule has 1 fully saturated rings. The number of nitrogens with zero attached hydrogens (tertiary/aromatic N) is 1. The highest BCUT2D eigenvalue weighted by atomic mass is 16.6. The number of morpholine rings is 1. The normalized spacial score (nSPS) is 18.0. The largest absolute Gasteiger partial charge is 0.481 e. The Bertz CT molecular complexity index is 348. The fraction of sp³-hybridized carbons (Fsp3) is 0.857. The number of hydrogen-bond donors (Lipinski definition) is 2. The van der Waals surface area contributed by atoms with Crippen molar-refractivity contribution in [3.8, 4) is 0 Å². The Morgan fingerprint density at radius 1 is 1.33 bits per heavy atom. The molecule has 1 aliphatic heterocycles. The molecule has 1 heterocycles. The van der Waals surface area contributed by atoms with Gasteiger partial charge in [0.25, 0.3) is 0 Å². The lowest BCUT2D eigenvalue weighted by Gasteiger charge is -2.31. The lowest BCUT2D eigenvalue weighted by molar-refractivity contribution is -0.137. The van der Waals surface area contributed by atoms with Crippen LogP contribution in [0.3, 0.4) is 0 Å². The topological polar surface area (TPSA) is 88.1 Å². The third-order valence-electron chi connectivity index (χ3n) is 3.01. The number of nitrogens with one attached hydrogen (secondary N) is 1. The standard InChI is InChI=1S/C14H26N2O5/c1-14(2,3)21-13(19)15-11(4-5-12(17)18)10-16-6-8-20-9-7-16/h11H,4-10H2,1-3H3,(H,15,19)(H,17,18). The first kappa shape index (κ1) is 17.7. The van der Waals surface area contributed by atoms with Gasteiger partial charge in [-0.25, -0.2) is 4.79 Å². The molecule has 1 amide bonds. The monoisotopic (exact) mass is 302 g/mol. The molecule has 0 saturated carbocycles. The molecule has 1 saturated heterocycles. The Morgan fingerprint density at radius 2 is 1.95 bits per heavy atom. The van der Waals surface area contributed by atoms with Gasteiger partial charge < -0.3 is 19.9 Å². The zero-order chi connectivity index (χ0) is 15.9. The predicted octanol–water partition coefficient (Wildman–Crippen LogP) is 1.08. The van der Waals surface area contributed by atoms with E-state index in [1.54, 1.807) is 20.8 Å². The summed E-state index contributed by atoms with van der Waals surface area (Å²) in [4.78, 5) is 24.7. The molecule has 7 heteroatoms. The van der Waals surface area contributed by atoms with Crippen LogP contribution in [0.15, 0.2) is 0 Å². The number of carboxylic acids is 1. The van der Waals surface area contributed by atoms with E-state index in [4.69, 9.17) is 14.6 Å². The summed E-state index contributed by atoms with van der Waals surface area (Å²) in [6, 6.07) is -0.242. The third kappa shape index (κ3) is 8.52. The third-order valence-corrected chi connectivity index (χ3v) is 3.01. The maximum Gasteiger partial charge on any atom is 0.407 e. The van der Waals surface area contributed by atoms with Gasteiger partial charge in [-0.3, -0.25) is 9.69 Å². The Balaban J connectivity index is 2.50. The second-order valence-electron chi connectivity index (χ2n) is 6.19. The molecule has 0 spiro atoms. The first-order chi connectivity index (χ1) is 9.76. The quantitative estimate of drug-likeness (QED) is 0.763. The average Bonchev–Trinajstić information content (AvgIpc) is 2.34. The van der Waals surface area contributed by atoms with Crippen molar-refractivity contribution in [2.24, 2.45) is 0 Å². The minimum Gasteiger partial charge on any atom is -0.481 e. The summed E-state index contributed by atoms with van der Waals surface area (Å²) in [5, 5.41) is 11.6. The summed E-state index contributed by atoms with van der Waals surface area (Å²) in [6.07, 6.45) is -0.109. The molecule has 1 atom stereocenters. The summed E-state index contributed by atoms with van der Waals surface area (Å²) < 4.78 is 10.5. The molecule has 2 N–H and O–H groups in total. The smallest absolute Gasteiger partial charge is 0.407 e. The van der Waals surface area contributed by atoms with E-state index in [9.17, 15) is 9.59 Å². The van der Waals surface area contributed by atoms with Crippen LogP contribution in [0.2, 0.25) is 0 Å². The van der Waals surface area contributed by atoms with Crippen LogP contribution in [0.5, 0.6) is 0 Å². The lowest BCUT2D eigenvalue weighted by atomic mass is 10.1. The number of carbonyl (C=O) groups excluding carboxylic acids is 1. The van der Waals surface area contributed by atoms with Crippen molar-refractivity contribution in [2.45, 2.75) is 45.3 Å². The molecule has 1 rings (SSSR count). The second kappa shape index (κ2) is 8.19. The fourth-order valence-corrected chi connectivity index (χ4v) is 2.08. The molecule has 1 unspecified atom stereocenters. The number of alkyl carbamates (subject to hydrolysis) is 1. The molecule has 122 valence electrons. The van der Waals surface area contributed by atoms with E-state index in [1.807, 2.05) is 0 Å². The maximum absolute atomic E-state index is 11.8. The first-order valence-corrected chi connectivity index (χ1v) is 7.27. The zero-order valence-corrected chi connectivity index (χ0v) is 13.1. The van der Waals surface area contributed by atoms with Crippen molar-refractivity contribution < 1.29 is 24.2 Å². The number of hydrogen-bond acceptors (Lipinski definition) is 5. The molecule has 0 aliphatic carbocycles. The van der Waals surface area contributed by atoms with Crippen LogP contribution in [0, 0.1) is 0 Å². The van der Waals surface area contributed by atoms with Crippen molar-refractivity contribution in [1.82, 2.24) is 10.2 Å². The molecular weight excluding hydrogens is 276 g/mol. The van der Waals surface area contributed by atoms with E-state index in [2.05, 4.69) is 10.2 Å². The van der Waals surface area contributed by atoms with Crippen LogP contribution >= 0.6 is 0 Å². The molecule has 1 aliphatic rings. The van der Waals surface area contributed by atoms with Gasteiger partial charge in [-0.2, -0.15) is 0 Å².